The average molecular weight is 494 g/mol. The number of rotatable bonds is 5. The number of nitrogens with zero attached hydrogens (tertiary/aromatic N) is 3. The Hall–Kier alpha value is -3.33. The number of benzene rings is 3. The van der Waals surface area contributed by atoms with E-state index in [1.165, 1.54) is 12.1 Å². The second-order valence-corrected chi connectivity index (χ2v) is 8.71. The molecule has 0 N–H and O–H groups in total. The van der Waals surface area contributed by atoms with E-state index in [2.05, 4.69) is 40.7 Å². The highest BCUT2D eigenvalue weighted by molar-refractivity contribution is 9.10. The van der Waals surface area contributed by atoms with Crippen molar-refractivity contribution in [2.75, 3.05) is 18.0 Å². The standard InChI is InChI=1S/C23H21BBrN3O4/c1-3-26(4-2)19-10-5-16-15-27-21-12-11-20(28(29)30)14-23(21)32-24(27,31-22(16)13-19)17-6-8-18(25)9-7-17/h5-15H,3-4H2,1-2H3/t24-/m1/s1. The first-order chi connectivity index (χ1) is 15.4. The Kier molecular flexibility index (Phi) is 4.93. The lowest BCUT2D eigenvalue weighted by molar-refractivity contribution is -0.385. The van der Waals surface area contributed by atoms with Crippen molar-refractivity contribution in [2.24, 2.45) is 0 Å². The van der Waals surface area contributed by atoms with E-state index < -0.39 is 11.6 Å². The molecule has 0 bridgehead atoms. The highest BCUT2D eigenvalue weighted by atomic mass is 79.9. The summed E-state index contributed by atoms with van der Waals surface area (Å²) < 4.78 is 16.0. The van der Waals surface area contributed by atoms with E-state index in [1.54, 1.807) is 6.07 Å². The topological polar surface area (TPSA) is 67.9 Å². The molecule has 1 atom stereocenters. The molecule has 0 saturated heterocycles. The third-order valence-electron chi connectivity index (χ3n) is 6.07. The maximum absolute atomic E-state index is 11.3. The van der Waals surface area contributed by atoms with Gasteiger partial charge in [-0.3, -0.25) is 10.1 Å². The van der Waals surface area contributed by atoms with Crippen LogP contribution in [-0.2, 0) is 0 Å². The quantitative estimate of drug-likeness (QED) is 0.295. The summed E-state index contributed by atoms with van der Waals surface area (Å²) in [6, 6.07) is 18.6. The van der Waals surface area contributed by atoms with Gasteiger partial charge in [-0.1, -0.05) is 40.2 Å². The van der Waals surface area contributed by atoms with Crippen LogP contribution in [0.15, 0.2) is 65.1 Å². The molecule has 0 amide bonds. The molecule has 3 aromatic rings. The number of hydrogen-bond acceptors (Lipinski definition) is 5. The molecule has 0 saturated carbocycles. The summed E-state index contributed by atoms with van der Waals surface area (Å²) in [6.07, 6.45) is 2.00. The Bertz CT molecular complexity index is 1260. The summed E-state index contributed by atoms with van der Waals surface area (Å²) in [7, 11) is 0. The van der Waals surface area contributed by atoms with Gasteiger partial charge in [0, 0.05) is 41.4 Å². The van der Waals surface area contributed by atoms with Crippen LogP contribution in [0.4, 0.5) is 17.1 Å². The molecule has 0 radical (unpaired) electrons. The highest BCUT2D eigenvalue weighted by Crippen LogP contribution is 2.44. The summed E-state index contributed by atoms with van der Waals surface area (Å²) in [6.45, 7) is 3.85. The van der Waals surface area contributed by atoms with Gasteiger partial charge in [0.25, 0.3) is 5.69 Å². The molecule has 162 valence electrons. The summed E-state index contributed by atoms with van der Waals surface area (Å²) in [5.41, 5.74) is 3.54. The fourth-order valence-electron chi connectivity index (χ4n) is 4.43. The molecule has 5 rings (SSSR count). The van der Waals surface area contributed by atoms with Crippen LogP contribution < -0.4 is 19.7 Å². The third kappa shape index (κ3) is 3.15. The van der Waals surface area contributed by atoms with Gasteiger partial charge in [0.05, 0.1) is 22.3 Å². The number of hydrogen-bond donors (Lipinski definition) is 0. The lowest BCUT2D eigenvalue weighted by atomic mass is 9.62. The Morgan fingerprint density at radius 2 is 1.72 bits per heavy atom. The minimum Gasteiger partial charge on any atom is -0.618 e. The smallest absolute Gasteiger partial charge is 0.618 e. The molecule has 0 spiro atoms. The minimum atomic E-state index is -2.16. The monoisotopic (exact) mass is 493 g/mol. The second kappa shape index (κ2) is 7.67. The normalized spacial score (nSPS) is 17.9. The fraction of sp³-hybridized carbons (Fsp3) is 0.174. The SMILES string of the molecule is CCN(CC)c1ccc2c(c1)O[B@-]1(c3ccc(Br)cc3)Oc3cc([N+](=O)[O-])ccc3[N+]1=C2. The zero-order chi connectivity index (χ0) is 22.5. The van der Waals surface area contributed by atoms with Crippen molar-refractivity contribution in [1.29, 1.82) is 0 Å². The van der Waals surface area contributed by atoms with Crippen molar-refractivity contribution in [2.45, 2.75) is 13.8 Å². The van der Waals surface area contributed by atoms with Crippen molar-refractivity contribution >= 4 is 51.4 Å². The number of non-ortho nitro benzene ring substituents is 1. The molecule has 32 heavy (non-hydrogen) atoms. The molecule has 0 aromatic heterocycles. The van der Waals surface area contributed by atoms with Crippen molar-refractivity contribution < 1.29 is 18.7 Å². The van der Waals surface area contributed by atoms with E-state index in [4.69, 9.17) is 9.31 Å². The number of fused-ring (bicyclic) bond motifs is 4. The van der Waals surface area contributed by atoms with Gasteiger partial charge in [-0.05, 0) is 31.4 Å². The van der Waals surface area contributed by atoms with Gasteiger partial charge in [0.1, 0.15) is 6.21 Å². The van der Waals surface area contributed by atoms with Gasteiger partial charge in [0.2, 0.25) is 0 Å². The highest BCUT2D eigenvalue weighted by Gasteiger charge is 2.57. The van der Waals surface area contributed by atoms with Gasteiger partial charge < -0.3 is 18.7 Å². The molecule has 2 aliphatic heterocycles. The van der Waals surface area contributed by atoms with Crippen molar-refractivity contribution in [3.63, 3.8) is 0 Å². The Labute approximate surface area is 194 Å². The predicted molar refractivity (Wildman–Crippen MR) is 129 cm³/mol. The van der Waals surface area contributed by atoms with Crippen LogP contribution in [0, 0.1) is 10.1 Å². The lowest BCUT2D eigenvalue weighted by Crippen LogP contribution is -2.65. The molecular formula is C23H21BBrN3O4. The molecule has 0 fully saturated rings. The predicted octanol–water partition coefficient (Wildman–Crippen LogP) is 4.60. The molecular weight excluding hydrogens is 473 g/mol. The van der Waals surface area contributed by atoms with Crippen LogP contribution in [-0.4, -0.2) is 35.4 Å². The van der Waals surface area contributed by atoms with Crippen molar-refractivity contribution in [1.82, 2.24) is 0 Å². The molecule has 3 aromatic carbocycles. The van der Waals surface area contributed by atoms with Gasteiger partial charge in [-0.25, -0.2) is 0 Å². The third-order valence-corrected chi connectivity index (χ3v) is 6.60. The van der Waals surface area contributed by atoms with Crippen LogP contribution >= 0.6 is 15.9 Å². The van der Waals surface area contributed by atoms with Gasteiger partial charge in [0.15, 0.2) is 11.4 Å². The van der Waals surface area contributed by atoms with Crippen molar-refractivity contribution in [3.05, 3.63) is 80.8 Å². The maximum Gasteiger partial charge on any atom is 0.685 e. The minimum absolute atomic E-state index is 0.0216. The number of nitro groups is 1. The zero-order valence-corrected chi connectivity index (χ0v) is 19.3. The van der Waals surface area contributed by atoms with E-state index in [-0.39, 0.29) is 5.69 Å². The average Bonchev–Trinajstić information content (AvgIpc) is 3.12. The Balaban J connectivity index is 1.69. The Morgan fingerprint density at radius 1 is 1.00 bits per heavy atom. The molecule has 7 nitrogen and oxygen atoms in total. The van der Waals surface area contributed by atoms with E-state index in [9.17, 15) is 10.1 Å². The van der Waals surface area contributed by atoms with E-state index in [1.807, 2.05) is 47.1 Å². The molecule has 0 unspecified atom stereocenters. The Morgan fingerprint density at radius 3 is 2.41 bits per heavy atom. The number of halogens is 1. The van der Waals surface area contributed by atoms with Gasteiger partial charge in [-0.15, -0.1) is 0 Å². The van der Waals surface area contributed by atoms with Crippen LogP contribution in [0.3, 0.4) is 0 Å². The summed E-state index contributed by atoms with van der Waals surface area (Å²) in [5.74, 6) is 1.14. The first-order valence-electron chi connectivity index (χ1n) is 10.5. The molecule has 2 aliphatic rings. The second-order valence-electron chi connectivity index (χ2n) is 7.80. The van der Waals surface area contributed by atoms with Gasteiger partial charge in [-0.2, -0.15) is 0 Å². The van der Waals surface area contributed by atoms with Gasteiger partial charge >= 0.3 is 6.69 Å². The molecule has 0 aliphatic carbocycles. The van der Waals surface area contributed by atoms with Crippen LogP contribution in [0.1, 0.15) is 19.4 Å². The number of anilines is 1. The van der Waals surface area contributed by atoms with Crippen molar-refractivity contribution in [3.8, 4) is 11.5 Å². The van der Waals surface area contributed by atoms with Crippen LogP contribution in [0.2, 0.25) is 0 Å². The summed E-state index contributed by atoms with van der Waals surface area (Å²) in [4.78, 5) is 13.2. The summed E-state index contributed by atoms with van der Waals surface area (Å²) >= 11 is 3.48. The lowest BCUT2D eigenvalue weighted by Gasteiger charge is -2.36. The summed E-state index contributed by atoms with van der Waals surface area (Å²) in [5, 5.41) is 11.3. The van der Waals surface area contributed by atoms with E-state index >= 15 is 0 Å². The largest absolute Gasteiger partial charge is 0.685 e. The molecule has 2 heterocycles. The first kappa shape index (κ1) is 20.6. The van der Waals surface area contributed by atoms with Crippen LogP contribution in [0.25, 0.3) is 0 Å². The molecule has 9 heteroatoms. The fourth-order valence-corrected chi connectivity index (χ4v) is 4.69. The zero-order valence-electron chi connectivity index (χ0n) is 17.7. The van der Waals surface area contributed by atoms with E-state index in [0.717, 1.165) is 45.7 Å². The maximum atomic E-state index is 11.3. The van der Waals surface area contributed by atoms with Crippen LogP contribution in [0.5, 0.6) is 11.5 Å². The van der Waals surface area contributed by atoms with E-state index in [0.29, 0.717) is 5.75 Å². The first-order valence-corrected chi connectivity index (χ1v) is 11.3. The number of nitro benzene ring substituents is 1.